The van der Waals surface area contributed by atoms with Gasteiger partial charge in [0.2, 0.25) is 0 Å². The van der Waals surface area contributed by atoms with Gasteiger partial charge in [-0.15, -0.1) is 0 Å². The van der Waals surface area contributed by atoms with Crippen LogP contribution in [-0.2, 0) is 9.53 Å². The summed E-state index contributed by atoms with van der Waals surface area (Å²) >= 11 is 0. The van der Waals surface area contributed by atoms with Crippen LogP contribution in [0.15, 0.2) is 16.9 Å². The van der Waals surface area contributed by atoms with Crippen LogP contribution in [-0.4, -0.2) is 57.4 Å². The molecule has 1 unspecified atom stereocenters. The molecule has 9 heteroatoms. The van der Waals surface area contributed by atoms with Crippen LogP contribution in [0.3, 0.4) is 0 Å². The summed E-state index contributed by atoms with van der Waals surface area (Å²) in [4.78, 5) is 37.0. The highest BCUT2D eigenvalue weighted by Crippen LogP contribution is 2.24. The van der Waals surface area contributed by atoms with Crippen LogP contribution < -0.4 is 5.32 Å². The Balaban J connectivity index is 2.10. The van der Waals surface area contributed by atoms with Crippen LogP contribution in [0.2, 0.25) is 0 Å². The zero-order chi connectivity index (χ0) is 17.3. The molecule has 2 heterocycles. The van der Waals surface area contributed by atoms with Gasteiger partial charge in [0.25, 0.3) is 5.91 Å². The third-order valence-electron chi connectivity index (χ3n) is 3.36. The lowest BCUT2D eigenvalue weighted by Gasteiger charge is -2.28. The number of likely N-dealkylation sites (tertiary alicyclic amines) is 1. The molecule has 1 aliphatic rings. The molecule has 1 aromatic heterocycles. The highest BCUT2D eigenvalue weighted by molar-refractivity contribution is 5.94. The summed E-state index contributed by atoms with van der Waals surface area (Å²) in [6.45, 7) is 5.03. The minimum atomic E-state index is -1.58. The topological polar surface area (TPSA) is 122 Å². The zero-order valence-electron chi connectivity index (χ0n) is 13.2. The molecule has 2 N–H and O–H groups in total. The lowest BCUT2D eigenvalue weighted by molar-refractivity contribution is -0.144. The second kappa shape index (κ2) is 5.90. The molecule has 1 saturated heterocycles. The number of carboxylic acid groups (broad SMARTS) is 1. The summed E-state index contributed by atoms with van der Waals surface area (Å²) < 4.78 is 9.71. The summed E-state index contributed by atoms with van der Waals surface area (Å²) in [6.07, 6.45) is 0.494. The first-order chi connectivity index (χ1) is 10.6. The second-order valence-corrected chi connectivity index (χ2v) is 6.38. The largest absolute Gasteiger partial charge is 0.479 e. The van der Waals surface area contributed by atoms with Crippen molar-refractivity contribution < 1.29 is 28.8 Å². The Morgan fingerprint density at radius 3 is 2.65 bits per heavy atom. The van der Waals surface area contributed by atoms with E-state index in [-0.39, 0.29) is 25.2 Å². The number of hydrogen-bond acceptors (Lipinski definition) is 6. The van der Waals surface area contributed by atoms with E-state index in [4.69, 9.17) is 4.74 Å². The number of hydrogen-bond donors (Lipinski definition) is 2. The van der Waals surface area contributed by atoms with Crippen molar-refractivity contribution >= 4 is 18.0 Å². The molecule has 1 aliphatic heterocycles. The number of carboxylic acids is 1. The standard InChI is InChI=1S/C14H19N3O6/c1-13(2,3)23-12(21)15-14(11(19)20)5-6-17(8-14)10(18)9-4-7-22-16-9/h4,7H,5-6,8H2,1-3H3,(H,15,21)(H,19,20). The van der Waals surface area contributed by atoms with Crippen LogP contribution in [0.1, 0.15) is 37.7 Å². The van der Waals surface area contributed by atoms with Crippen molar-refractivity contribution in [2.75, 3.05) is 13.1 Å². The van der Waals surface area contributed by atoms with Crippen molar-refractivity contribution in [2.24, 2.45) is 0 Å². The Bertz CT molecular complexity index is 607. The minimum absolute atomic E-state index is 0.0746. The van der Waals surface area contributed by atoms with E-state index < -0.39 is 29.1 Å². The quantitative estimate of drug-likeness (QED) is 0.845. The molecule has 0 aliphatic carbocycles. The molecule has 0 aromatic carbocycles. The van der Waals surface area contributed by atoms with E-state index in [1.165, 1.54) is 17.2 Å². The van der Waals surface area contributed by atoms with Gasteiger partial charge in [-0.1, -0.05) is 5.16 Å². The molecule has 9 nitrogen and oxygen atoms in total. The average molecular weight is 325 g/mol. The molecule has 2 amide bonds. The van der Waals surface area contributed by atoms with E-state index in [2.05, 4.69) is 15.0 Å². The number of aromatic nitrogens is 1. The average Bonchev–Trinajstić information content (AvgIpc) is 3.05. The first-order valence-electron chi connectivity index (χ1n) is 7.07. The fraction of sp³-hybridized carbons (Fsp3) is 0.571. The first-order valence-corrected chi connectivity index (χ1v) is 7.07. The molecular formula is C14H19N3O6. The van der Waals surface area contributed by atoms with Crippen molar-refractivity contribution in [2.45, 2.75) is 38.3 Å². The van der Waals surface area contributed by atoms with Gasteiger partial charge in [-0.05, 0) is 20.8 Å². The van der Waals surface area contributed by atoms with E-state index in [1.807, 2.05) is 0 Å². The SMILES string of the molecule is CC(C)(C)OC(=O)NC1(C(=O)O)CCN(C(=O)c2ccon2)C1. The maximum Gasteiger partial charge on any atom is 0.408 e. The van der Waals surface area contributed by atoms with E-state index in [0.717, 1.165) is 0 Å². The molecule has 1 aromatic rings. The molecule has 0 spiro atoms. The van der Waals surface area contributed by atoms with Gasteiger partial charge in [0.1, 0.15) is 11.9 Å². The van der Waals surface area contributed by atoms with Gasteiger partial charge in [0.15, 0.2) is 11.2 Å². The van der Waals surface area contributed by atoms with Gasteiger partial charge in [-0.3, -0.25) is 4.79 Å². The van der Waals surface area contributed by atoms with E-state index in [9.17, 15) is 19.5 Å². The Labute approximate surface area is 132 Å². The maximum atomic E-state index is 12.2. The van der Waals surface area contributed by atoms with Gasteiger partial charge in [0, 0.05) is 19.0 Å². The Hall–Kier alpha value is -2.58. The number of ether oxygens (including phenoxy) is 1. The molecule has 0 saturated carbocycles. The number of nitrogens with zero attached hydrogens (tertiary/aromatic N) is 2. The predicted octanol–water partition coefficient (Wildman–Crippen LogP) is 0.869. The summed E-state index contributed by atoms with van der Waals surface area (Å²) in [5, 5.41) is 15.4. The Kier molecular flexibility index (Phi) is 4.31. The van der Waals surface area contributed by atoms with E-state index in [1.54, 1.807) is 20.8 Å². The van der Waals surface area contributed by atoms with Crippen LogP contribution in [0.4, 0.5) is 4.79 Å². The molecular weight excluding hydrogens is 306 g/mol. The number of carbonyl (C=O) groups is 3. The number of alkyl carbamates (subject to hydrolysis) is 1. The maximum absolute atomic E-state index is 12.2. The predicted molar refractivity (Wildman–Crippen MR) is 76.8 cm³/mol. The van der Waals surface area contributed by atoms with E-state index >= 15 is 0 Å². The molecule has 0 bridgehead atoms. The third kappa shape index (κ3) is 3.79. The minimum Gasteiger partial charge on any atom is -0.479 e. The summed E-state index contributed by atoms with van der Waals surface area (Å²) in [6, 6.07) is 1.39. The van der Waals surface area contributed by atoms with Gasteiger partial charge in [-0.2, -0.15) is 0 Å². The van der Waals surface area contributed by atoms with Crippen molar-refractivity contribution in [3.05, 3.63) is 18.0 Å². The first kappa shape index (κ1) is 16.8. The fourth-order valence-corrected chi connectivity index (χ4v) is 2.30. The molecule has 126 valence electrons. The monoisotopic (exact) mass is 325 g/mol. The fourth-order valence-electron chi connectivity index (χ4n) is 2.30. The molecule has 2 rings (SSSR count). The lowest BCUT2D eigenvalue weighted by Crippen LogP contribution is -2.57. The highest BCUT2D eigenvalue weighted by atomic mass is 16.6. The van der Waals surface area contributed by atoms with E-state index in [0.29, 0.717) is 0 Å². The van der Waals surface area contributed by atoms with Crippen LogP contribution in [0.25, 0.3) is 0 Å². The second-order valence-electron chi connectivity index (χ2n) is 6.38. The van der Waals surface area contributed by atoms with Crippen LogP contribution in [0.5, 0.6) is 0 Å². The Morgan fingerprint density at radius 2 is 2.13 bits per heavy atom. The van der Waals surface area contributed by atoms with Gasteiger partial charge < -0.3 is 24.6 Å². The number of rotatable bonds is 3. The molecule has 1 atom stereocenters. The summed E-state index contributed by atoms with van der Waals surface area (Å²) in [5.41, 5.74) is -2.25. The highest BCUT2D eigenvalue weighted by Gasteiger charge is 2.48. The molecule has 0 radical (unpaired) electrons. The van der Waals surface area contributed by atoms with Crippen molar-refractivity contribution in [3.63, 3.8) is 0 Å². The third-order valence-corrected chi connectivity index (χ3v) is 3.36. The van der Waals surface area contributed by atoms with Crippen LogP contribution >= 0.6 is 0 Å². The summed E-state index contributed by atoms with van der Waals surface area (Å²) in [5.74, 6) is -1.67. The number of nitrogens with one attached hydrogen (secondary N) is 1. The lowest BCUT2D eigenvalue weighted by atomic mass is 9.99. The zero-order valence-corrected chi connectivity index (χ0v) is 13.2. The van der Waals surface area contributed by atoms with Crippen LogP contribution in [0, 0.1) is 0 Å². The number of amides is 2. The summed E-state index contributed by atoms with van der Waals surface area (Å²) in [7, 11) is 0. The van der Waals surface area contributed by atoms with Gasteiger partial charge in [-0.25, -0.2) is 9.59 Å². The number of carbonyl (C=O) groups excluding carboxylic acids is 2. The normalized spacial score (nSPS) is 21.1. The van der Waals surface area contributed by atoms with Gasteiger partial charge in [0.05, 0.1) is 6.54 Å². The van der Waals surface area contributed by atoms with Gasteiger partial charge >= 0.3 is 12.1 Å². The molecule has 23 heavy (non-hydrogen) atoms. The van der Waals surface area contributed by atoms with Crippen molar-refractivity contribution in [1.29, 1.82) is 0 Å². The van der Waals surface area contributed by atoms with Crippen molar-refractivity contribution in [3.8, 4) is 0 Å². The number of aliphatic carboxylic acids is 1. The Morgan fingerprint density at radius 1 is 1.43 bits per heavy atom. The smallest absolute Gasteiger partial charge is 0.408 e. The molecule has 1 fully saturated rings. The van der Waals surface area contributed by atoms with Crippen molar-refractivity contribution in [1.82, 2.24) is 15.4 Å².